The normalized spacial score (nSPS) is 22.6. The van der Waals surface area contributed by atoms with Crippen LogP contribution in [0, 0.1) is 0 Å². The predicted molar refractivity (Wildman–Crippen MR) is 99.6 cm³/mol. The van der Waals surface area contributed by atoms with Crippen LogP contribution in [0.1, 0.15) is 16.8 Å². The van der Waals surface area contributed by atoms with Crippen molar-refractivity contribution in [3.63, 3.8) is 0 Å². The Morgan fingerprint density at radius 3 is 2.73 bits per heavy atom. The Morgan fingerprint density at radius 1 is 1.23 bits per heavy atom. The molecule has 26 heavy (non-hydrogen) atoms. The molecule has 3 heterocycles. The number of nitrogens with one attached hydrogen (secondary N) is 2. The van der Waals surface area contributed by atoms with E-state index in [9.17, 15) is 18.0 Å². The number of carbonyl (C=O) groups is 2. The van der Waals surface area contributed by atoms with Crippen molar-refractivity contribution in [3.8, 4) is 11.1 Å². The fraction of sp³-hybridized carbons (Fsp3) is 0.294. The van der Waals surface area contributed by atoms with Crippen molar-refractivity contribution < 1.29 is 18.0 Å². The van der Waals surface area contributed by atoms with E-state index < -0.39 is 22.1 Å². The number of hydrogen-bond donors (Lipinski definition) is 2. The van der Waals surface area contributed by atoms with Crippen molar-refractivity contribution in [2.45, 2.75) is 18.5 Å². The molecule has 1 fully saturated rings. The van der Waals surface area contributed by atoms with Crippen molar-refractivity contribution in [2.24, 2.45) is 0 Å². The Kier molecular flexibility index (Phi) is 4.09. The molecule has 0 saturated carbocycles. The number of anilines is 1. The van der Waals surface area contributed by atoms with Gasteiger partial charge in [-0.15, -0.1) is 0 Å². The maximum Gasteiger partial charge on any atom is 0.256 e. The SMILES string of the molecule is CS(=O)(=O)N[C@H]1C[C@H]2C(=O)Nc3ccc(-c4ccsc4)cc3C(=O)N2C1. The van der Waals surface area contributed by atoms with E-state index in [0.29, 0.717) is 11.3 Å². The summed E-state index contributed by atoms with van der Waals surface area (Å²) < 4.78 is 25.5. The summed E-state index contributed by atoms with van der Waals surface area (Å²) in [5.74, 6) is -0.559. The Balaban J connectivity index is 1.69. The number of rotatable bonds is 3. The zero-order chi connectivity index (χ0) is 18.5. The van der Waals surface area contributed by atoms with Crippen LogP contribution in [0.25, 0.3) is 11.1 Å². The third-order valence-corrected chi connectivity index (χ3v) is 6.05. The van der Waals surface area contributed by atoms with Crippen molar-refractivity contribution >= 4 is 38.9 Å². The summed E-state index contributed by atoms with van der Waals surface area (Å²) in [6, 6.07) is 6.21. The molecule has 0 spiro atoms. The summed E-state index contributed by atoms with van der Waals surface area (Å²) in [6.07, 6.45) is 1.33. The van der Waals surface area contributed by atoms with Crippen molar-refractivity contribution in [2.75, 3.05) is 18.1 Å². The van der Waals surface area contributed by atoms with Crippen LogP contribution in [0.15, 0.2) is 35.0 Å². The van der Waals surface area contributed by atoms with Gasteiger partial charge in [0.15, 0.2) is 0 Å². The van der Waals surface area contributed by atoms with E-state index in [2.05, 4.69) is 10.0 Å². The summed E-state index contributed by atoms with van der Waals surface area (Å²) in [6.45, 7) is 0.173. The molecule has 4 rings (SSSR count). The number of benzene rings is 1. The number of hydrogen-bond acceptors (Lipinski definition) is 5. The molecule has 7 nitrogen and oxygen atoms in total. The van der Waals surface area contributed by atoms with Crippen LogP contribution in [0.2, 0.25) is 0 Å². The second kappa shape index (κ2) is 6.19. The van der Waals surface area contributed by atoms with Crippen molar-refractivity contribution in [3.05, 3.63) is 40.6 Å². The average Bonchev–Trinajstić information content (AvgIpc) is 3.21. The highest BCUT2D eigenvalue weighted by atomic mass is 32.2. The van der Waals surface area contributed by atoms with E-state index in [4.69, 9.17) is 0 Å². The highest BCUT2D eigenvalue weighted by Gasteiger charge is 2.43. The molecule has 0 radical (unpaired) electrons. The fourth-order valence-electron chi connectivity index (χ4n) is 3.51. The van der Waals surface area contributed by atoms with E-state index in [1.54, 1.807) is 23.5 Å². The van der Waals surface area contributed by atoms with Crippen LogP contribution < -0.4 is 10.0 Å². The van der Waals surface area contributed by atoms with Gasteiger partial charge in [0.2, 0.25) is 15.9 Å². The number of amides is 2. The van der Waals surface area contributed by atoms with E-state index in [-0.39, 0.29) is 24.8 Å². The van der Waals surface area contributed by atoms with Gasteiger partial charge in [0.1, 0.15) is 6.04 Å². The first-order valence-electron chi connectivity index (χ1n) is 8.07. The Labute approximate surface area is 155 Å². The molecule has 1 aromatic carbocycles. The average molecular weight is 391 g/mol. The molecule has 1 saturated heterocycles. The molecule has 136 valence electrons. The summed E-state index contributed by atoms with van der Waals surface area (Å²) in [5, 5.41) is 6.76. The number of sulfonamides is 1. The summed E-state index contributed by atoms with van der Waals surface area (Å²) in [7, 11) is -3.41. The maximum atomic E-state index is 13.1. The van der Waals surface area contributed by atoms with Gasteiger partial charge in [-0.1, -0.05) is 6.07 Å². The second-order valence-electron chi connectivity index (χ2n) is 6.56. The molecular formula is C17H17N3O4S2. The van der Waals surface area contributed by atoms with Crippen LogP contribution in [0.3, 0.4) is 0 Å². The van der Waals surface area contributed by atoms with Gasteiger partial charge in [-0.25, -0.2) is 13.1 Å². The van der Waals surface area contributed by atoms with Crippen LogP contribution in [0.4, 0.5) is 5.69 Å². The van der Waals surface area contributed by atoms with E-state index in [1.165, 1.54) is 4.90 Å². The highest BCUT2D eigenvalue weighted by Crippen LogP contribution is 2.32. The first-order valence-corrected chi connectivity index (χ1v) is 10.9. The number of fused-ring (bicyclic) bond motifs is 2. The first kappa shape index (κ1) is 17.2. The van der Waals surface area contributed by atoms with Crippen LogP contribution in [0.5, 0.6) is 0 Å². The third-order valence-electron chi connectivity index (χ3n) is 4.61. The van der Waals surface area contributed by atoms with Gasteiger partial charge in [0, 0.05) is 12.6 Å². The lowest BCUT2D eigenvalue weighted by molar-refractivity contribution is -0.119. The quantitative estimate of drug-likeness (QED) is 0.829. The molecule has 2 aliphatic heterocycles. The third kappa shape index (κ3) is 3.13. The zero-order valence-electron chi connectivity index (χ0n) is 13.9. The first-order chi connectivity index (χ1) is 12.3. The summed E-state index contributed by atoms with van der Waals surface area (Å²) in [4.78, 5) is 27.1. The number of thiophene rings is 1. The van der Waals surface area contributed by atoms with E-state index >= 15 is 0 Å². The van der Waals surface area contributed by atoms with Gasteiger partial charge in [-0.2, -0.15) is 11.3 Å². The topological polar surface area (TPSA) is 95.6 Å². The summed E-state index contributed by atoms with van der Waals surface area (Å²) >= 11 is 1.57. The molecular weight excluding hydrogens is 374 g/mol. The molecule has 0 aliphatic carbocycles. The number of nitrogens with zero attached hydrogens (tertiary/aromatic N) is 1. The monoisotopic (exact) mass is 391 g/mol. The Bertz CT molecular complexity index is 985. The van der Waals surface area contributed by atoms with Gasteiger partial charge in [-0.3, -0.25) is 9.59 Å². The van der Waals surface area contributed by atoms with Crippen LogP contribution >= 0.6 is 11.3 Å². The molecule has 2 aromatic rings. The zero-order valence-corrected chi connectivity index (χ0v) is 15.6. The molecule has 0 bridgehead atoms. The van der Waals surface area contributed by atoms with Gasteiger partial charge in [0.25, 0.3) is 5.91 Å². The molecule has 9 heteroatoms. The van der Waals surface area contributed by atoms with Crippen LogP contribution in [-0.2, 0) is 14.8 Å². The highest BCUT2D eigenvalue weighted by molar-refractivity contribution is 7.88. The lowest BCUT2D eigenvalue weighted by atomic mass is 10.0. The van der Waals surface area contributed by atoms with Gasteiger partial charge in [-0.05, 0) is 46.5 Å². The molecule has 2 amide bonds. The summed E-state index contributed by atoms with van der Waals surface area (Å²) in [5.41, 5.74) is 2.82. The smallest absolute Gasteiger partial charge is 0.256 e. The van der Waals surface area contributed by atoms with Crippen molar-refractivity contribution in [1.29, 1.82) is 0 Å². The standard InChI is InChI=1S/C17H17N3O4S2/c1-26(23,24)19-12-7-15-16(21)18-14-3-2-10(11-4-5-25-9-11)6-13(14)17(22)20(15)8-12/h2-6,9,12,15,19H,7-8H2,1H3,(H,18,21)/t12-,15-/m0/s1. The molecule has 2 atom stereocenters. The van der Waals surface area contributed by atoms with Gasteiger partial charge < -0.3 is 10.2 Å². The lowest BCUT2D eigenvalue weighted by Gasteiger charge is -2.20. The minimum Gasteiger partial charge on any atom is -0.325 e. The number of carbonyl (C=O) groups excluding carboxylic acids is 2. The molecule has 2 N–H and O–H groups in total. The van der Waals surface area contributed by atoms with Gasteiger partial charge in [0.05, 0.1) is 17.5 Å². The lowest BCUT2D eigenvalue weighted by Crippen LogP contribution is -2.41. The molecule has 2 aliphatic rings. The minimum atomic E-state index is -3.41. The van der Waals surface area contributed by atoms with Gasteiger partial charge >= 0.3 is 0 Å². The van der Waals surface area contributed by atoms with Crippen LogP contribution in [-0.4, -0.2) is 50.0 Å². The maximum absolute atomic E-state index is 13.1. The Morgan fingerprint density at radius 2 is 2.04 bits per heavy atom. The fourth-order valence-corrected chi connectivity index (χ4v) is 4.95. The molecule has 1 aromatic heterocycles. The Hall–Kier alpha value is -2.23. The molecule has 0 unspecified atom stereocenters. The van der Waals surface area contributed by atoms with E-state index in [0.717, 1.165) is 17.4 Å². The largest absolute Gasteiger partial charge is 0.325 e. The van der Waals surface area contributed by atoms with Crippen molar-refractivity contribution in [1.82, 2.24) is 9.62 Å². The minimum absolute atomic E-state index is 0.173. The second-order valence-corrected chi connectivity index (χ2v) is 9.12. The predicted octanol–water partition coefficient (Wildman–Crippen LogP) is 1.50. The van der Waals surface area contributed by atoms with E-state index in [1.807, 2.05) is 22.9 Å².